The van der Waals surface area contributed by atoms with Gasteiger partial charge in [0.2, 0.25) is 5.91 Å². The summed E-state index contributed by atoms with van der Waals surface area (Å²) in [6, 6.07) is 13.3. The lowest BCUT2D eigenvalue weighted by Gasteiger charge is -2.22. The Bertz CT molecular complexity index is 869. The summed E-state index contributed by atoms with van der Waals surface area (Å²) in [5.41, 5.74) is 2.12. The topological polar surface area (TPSA) is 43.8 Å². The second-order valence-electron chi connectivity index (χ2n) is 7.38. The molecule has 2 aliphatic rings. The molecule has 0 aliphatic carbocycles. The Morgan fingerprint density at radius 3 is 2.46 bits per heavy atom. The molecule has 2 fully saturated rings. The summed E-state index contributed by atoms with van der Waals surface area (Å²) >= 11 is 5.96. The number of halogens is 2. The second-order valence-corrected chi connectivity index (χ2v) is 7.81. The van der Waals surface area contributed by atoms with Crippen molar-refractivity contribution in [3.05, 3.63) is 58.6 Å². The number of fused-ring (bicyclic) bond motifs is 1. The number of aryl methyl sites for hydroxylation is 1. The molecular weight excluding hydrogens is 355 g/mol. The molecule has 0 aromatic heterocycles. The highest BCUT2D eigenvalue weighted by Gasteiger charge is 2.55. The van der Waals surface area contributed by atoms with Crippen LogP contribution in [-0.2, 0) is 4.79 Å². The van der Waals surface area contributed by atoms with Crippen molar-refractivity contribution in [2.24, 2.45) is 0 Å². The van der Waals surface area contributed by atoms with E-state index in [9.17, 15) is 14.3 Å². The number of rotatable bonds is 2. The molecule has 0 spiro atoms. The van der Waals surface area contributed by atoms with Gasteiger partial charge in [-0.3, -0.25) is 9.80 Å². The summed E-state index contributed by atoms with van der Waals surface area (Å²) in [5, 5.41) is 14.2. The molecule has 2 aliphatic heterocycles. The maximum absolute atomic E-state index is 14.2. The minimum atomic E-state index is -1.50. The van der Waals surface area contributed by atoms with E-state index >= 15 is 0 Å². The molecule has 2 heterocycles. The van der Waals surface area contributed by atoms with Crippen LogP contribution in [0.15, 0.2) is 42.5 Å². The second kappa shape index (κ2) is 6.05. The zero-order valence-corrected chi connectivity index (χ0v) is 15.4. The standard InChI is InChI=1S/C20H20ClFN2O2/c1-12-3-4-14(13-5-7-15(21)8-6-13)9-16(12)17-18(25)23-10-20(2,22)11-24(23)19(17)26/h3-9,17-18,25H,10-11H2,1-2H3. The van der Waals surface area contributed by atoms with Crippen molar-refractivity contribution in [3.63, 3.8) is 0 Å². The lowest BCUT2D eigenvalue weighted by molar-refractivity contribution is -0.137. The quantitative estimate of drug-likeness (QED) is 0.874. The number of amides is 1. The van der Waals surface area contributed by atoms with E-state index in [0.29, 0.717) is 5.02 Å². The molecule has 2 aromatic carbocycles. The fourth-order valence-corrected chi connectivity index (χ4v) is 3.99. The molecule has 2 aromatic rings. The number of aliphatic hydroxyl groups is 1. The lowest BCUT2D eigenvalue weighted by atomic mass is 9.89. The van der Waals surface area contributed by atoms with Crippen LogP contribution in [0.25, 0.3) is 11.1 Å². The smallest absolute Gasteiger partial charge is 0.248 e. The maximum Gasteiger partial charge on any atom is 0.248 e. The van der Waals surface area contributed by atoms with Crippen LogP contribution in [0, 0.1) is 6.92 Å². The number of carbonyl (C=O) groups excluding carboxylic acids is 1. The van der Waals surface area contributed by atoms with Crippen LogP contribution in [0.2, 0.25) is 5.02 Å². The van der Waals surface area contributed by atoms with E-state index in [2.05, 4.69) is 0 Å². The molecule has 3 atom stereocenters. The van der Waals surface area contributed by atoms with Crippen LogP contribution in [0.4, 0.5) is 4.39 Å². The zero-order valence-electron chi connectivity index (χ0n) is 14.6. The lowest BCUT2D eigenvalue weighted by Crippen LogP contribution is -2.36. The van der Waals surface area contributed by atoms with Crippen molar-refractivity contribution < 1.29 is 14.3 Å². The number of nitrogens with zero attached hydrogens (tertiary/aromatic N) is 2. The van der Waals surface area contributed by atoms with E-state index in [1.807, 2.05) is 49.4 Å². The van der Waals surface area contributed by atoms with Gasteiger partial charge in [0.15, 0.2) is 0 Å². The molecule has 0 radical (unpaired) electrons. The molecule has 4 nitrogen and oxygen atoms in total. The molecule has 0 bridgehead atoms. The Morgan fingerprint density at radius 1 is 1.15 bits per heavy atom. The first-order valence-electron chi connectivity index (χ1n) is 8.58. The van der Waals surface area contributed by atoms with Gasteiger partial charge in [0.1, 0.15) is 17.8 Å². The van der Waals surface area contributed by atoms with Gasteiger partial charge in [-0.05, 0) is 54.3 Å². The molecule has 4 rings (SSSR count). The van der Waals surface area contributed by atoms with Crippen LogP contribution >= 0.6 is 11.6 Å². The van der Waals surface area contributed by atoms with E-state index in [1.165, 1.54) is 16.9 Å². The molecule has 0 saturated carbocycles. The van der Waals surface area contributed by atoms with Gasteiger partial charge in [-0.1, -0.05) is 35.9 Å². The summed E-state index contributed by atoms with van der Waals surface area (Å²) < 4.78 is 14.2. The fraction of sp³-hybridized carbons (Fsp3) is 0.350. The average molecular weight is 375 g/mol. The molecule has 2 saturated heterocycles. The predicted molar refractivity (Wildman–Crippen MR) is 98.3 cm³/mol. The molecule has 136 valence electrons. The van der Waals surface area contributed by atoms with Gasteiger partial charge in [0.05, 0.1) is 13.1 Å². The zero-order chi connectivity index (χ0) is 18.6. The first-order chi connectivity index (χ1) is 12.3. The highest BCUT2D eigenvalue weighted by Crippen LogP contribution is 2.41. The summed E-state index contributed by atoms with van der Waals surface area (Å²) in [4.78, 5) is 12.9. The van der Waals surface area contributed by atoms with E-state index in [-0.39, 0.29) is 19.0 Å². The Kier molecular flexibility index (Phi) is 4.06. The van der Waals surface area contributed by atoms with Crippen molar-refractivity contribution in [2.45, 2.75) is 31.7 Å². The first kappa shape index (κ1) is 17.5. The SMILES string of the molecule is Cc1ccc(-c2ccc(Cl)cc2)cc1C1C(=O)N2CC(C)(F)CN2C1O. The number of benzene rings is 2. The third-order valence-corrected chi connectivity index (χ3v) is 5.45. The highest BCUT2D eigenvalue weighted by atomic mass is 35.5. The minimum absolute atomic E-state index is 0.0185. The summed E-state index contributed by atoms with van der Waals surface area (Å²) in [5.74, 6) is -0.964. The first-order valence-corrected chi connectivity index (χ1v) is 8.96. The van der Waals surface area contributed by atoms with Gasteiger partial charge in [-0.2, -0.15) is 5.01 Å². The summed E-state index contributed by atoms with van der Waals surface area (Å²) in [7, 11) is 0. The van der Waals surface area contributed by atoms with Crippen LogP contribution in [-0.4, -0.2) is 46.0 Å². The molecule has 26 heavy (non-hydrogen) atoms. The van der Waals surface area contributed by atoms with E-state index in [1.54, 1.807) is 0 Å². The number of aliphatic hydroxyl groups excluding tert-OH is 1. The van der Waals surface area contributed by atoms with Crippen molar-refractivity contribution in [2.75, 3.05) is 13.1 Å². The number of hydrogen-bond donors (Lipinski definition) is 1. The number of hydrogen-bond acceptors (Lipinski definition) is 3. The van der Waals surface area contributed by atoms with Crippen LogP contribution in [0.1, 0.15) is 24.0 Å². The van der Waals surface area contributed by atoms with Crippen LogP contribution in [0.3, 0.4) is 0 Å². The van der Waals surface area contributed by atoms with Gasteiger partial charge < -0.3 is 5.11 Å². The third-order valence-electron chi connectivity index (χ3n) is 5.20. The van der Waals surface area contributed by atoms with Crippen molar-refractivity contribution >= 4 is 17.5 Å². The average Bonchev–Trinajstić information content (AvgIpc) is 3.02. The number of alkyl halides is 1. The van der Waals surface area contributed by atoms with Gasteiger partial charge in [-0.25, -0.2) is 4.39 Å². The molecule has 1 N–H and O–H groups in total. The number of carbonyl (C=O) groups is 1. The highest BCUT2D eigenvalue weighted by molar-refractivity contribution is 6.30. The Morgan fingerprint density at radius 2 is 1.81 bits per heavy atom. The van der Waals surface area contributed by atoms with Crippen molar-refractivity contribution in [1.82, 2.24) is 10.0 Å². The predicted octanol–water partition coefficient (Wildman–Crippen LogP) is 3.52. The minimum Gasteiger partial charge on any atom is -0.375 e. The van der Waals surface area contributed by atoms with Crippen molar-refractivity contribution in [1.29, 1.82) is 0 Å². The van der Waals surface area contributed by atoms with E-state index < -0.39 is 17.8 Å². The Labute approximate surface area is 156 Å². The summed E-state index contributed by atoms with van der Waals surface area (Å²) in [6.07, 6.45) is -1.06. The largest absolute Gasteiger partial charge is 0.375 e. The van der Waals surface area contributed by atoms with E-state index in [4.69, 9.17) is 11.6 Å². The molecule has 6 heteroatoms. The maximum atomic E-state index is 14.2. The van der Waals surface area contributed by atoms with Gasteiger partial charge in [0, 0.05) is 5.02 Å². The fourth-order valence-electron chi connectivity index (χ4n) is 3.87. The number of hydrazine groups is 1. The van der Waals surface area contributed by atoms with Gasteiger partial charge >= 0.3 is 0 Å². The Balaban J connectivity index is 1.71. The normalized spacial score (nSPS) is 28.7. The third kappa shape index (κ3) is 2.80. The van der Waals surface area contributed by atoms with Gasteiger partial charge in [-0.15, -0.1) is 0 Å². The van der Waals surface area contributed by atoms with Crippen LogP contribution < -0.4 is 0 Å². The van der Waals surface area contributed by atoms with Crippen molar-refractivity contribution in [3.8, 4) is 11.1 Å². The van der Waals surface area contributed by atoms with Gasteiger partial charge in [0.25, 0.3) is 0 Å². The molecule has 3 unspecified atom stereocenters. The summed E-state index contributed by atoms with van der Waals surface area (Å²) in [6.45, 7) is 3.37. The molecule has 1 amide bonds. The monoisotopic (exact) mass is 374 g/mol. The van der Waals surface area contributed by atoms with Crippen LogP contribution in [0.5, 0.6) is 0 Å². The Hall–Kier alpha value is -1.95. The van der Waals surface area contributed by atoms with E-state index in [0.717, 1.165) is 22.3 Å². The molecular formula is C20H20ClFN2O2.